The fourth-order valence-corrected chi connectivity index (χ4v) is 0.533. The largest absolute Gasteiger partial charge is 0.376 e. The van der Waals surface area contributed by atoms with Crippen LogP contribution in [0.1, 0.15) is 0 Å². The molecule has 76 valence electrons. The molecule has 0 radical (unpaired) electrons. The Hall–Kier alpha value is -1.18. The highest BCUT2D eigenvalue weighted by Gasteiger charge is 2.10. The van der Waals surface area contributed by atoms with E-state index in [1.165, 1.54) is 0 Å². The molecule has 0 aromatic carbocycles. The van der Waals surface area contributed by atoms with E-state index in [4.69, 9.17) is 15.9 Å². The summed E-state index contributed by atoms with van der Waals surface area (Å²) in [7, 11) is 0. The number of aliphatic hydroxyl groups excluding tert-OH is 2. The van der Waals surface area contributed by atoms with Gasteiger partial charge in [-0.05, 0) is 0 Å². The van der Waals surface area contributed by atoms with Crippen LogP contribution < -0.4 is 5.73 Å². The Balaban J connectivity index is 3.66. The predicted molar refractivity (Wildman–Crippen MR) is 41.0 cm³/mol. The Bertz CT molecular complexity index is 180. The third-order valence-electron chi connectivity index (χ3n) is 1.16. The zero-order valence-corrected chi connectivity index (χ0v) is 6.97. The molecule has 0 unspecified atom stereocenters. The average Bonchev–Trinajstić information content (AvgIpc) is 2.05. The average molecular weight is 192 g/mol. The van der Waals surface area contributed by atoms with Crippen molar-refractivity contribution in [1.29, 1.82) is 0 Å². The summed E-state index contributed by atoms with van der Waals surface area (Å²) in [6.07, 6.45) is 0. The molecule has 0 spiro atoms. The molecule has 0 saturated carbocycles. The van der Waals surface area contributed by atoms with Gasteiger partial charge in [0.15, 0.2) is 0 Å². The summed E-state index contributed by atoms with van der Waals surface area (Å²) in [5.74, 6) is -1.31. The number of hydrogen-bond acceptors (Lipinski definition) is 5. The summed E-state index contributed by atoms with van der Waals surface area (Å²) in [6, 6.07) is 0. The number of carbonyl (C=O) groups excluding carboxylic acids is 2. The molecule has 0 fully saturated rings. The minimum absolute atomic E-state index is 0.365. The van der Waals surface area contributed by atoms with Crippen LogP contribution in [0.15, 0.2) is 0 Å². The van der Waals surface area contributed by atoms with Gasteiger partial charge in [0.25, 0.3) is 5.91 Å². The molecule has 0 aliphatic carbocycles. The Labute approximate surface area is 74.7 Å². The molecular weight excluding hydrogens is 180 g/mol. The highest BCUT2D eigenvalue weighted by atomic mass is 16.5. The predicted octanol–water partition coefficient (Wildman–Crippen LogP) is -2.78. The fourth-order valence-electron chi connectivity index (χ4n) is 0.533. The zero-order valence-electron chi connectivity index (χ0n) is 6.97. The van der Waals surface area contributed by atoms with Crippen LogP contribution in [-0.2, 0) is 14.3 Å². The SMILES string of the molecule is NC(=O)COCC(=O)N(CO)CO. The molecule has 4 N–H and O–H groups in total. The summed E-state index contributed by atoms with van der Waals surface area (Å²) in [4.78, 5) is 21.8. The molecule has 0 aromatic heterocycles. The monoisotopic (exact) mass is 192 g/mol. The number of nitrogens with zero attached hydrogens (tertiary/aromatic N) is 1. The van der Waals surface area contributed by atoms with Gasteiger partial charge in [-0.25, -0.2) is 0 Å². The molecule has 2 amide bonds. The van der Waals surface area contributed by atoms with Crippen LogP contribution in [0.3, 0.4) is 0 Å². The topological polar surface area (TPSA) is 113 Å². The number of hydrogen-bond donors (Lipinski definition) is 3. The number of rotatable bonds is 6. The van der Waals surface area contributed by atoms with Crippen molar-refractivity contribution >= 4 is 11.8 Å². The Morgan fingerprint density at radius 3 is 2.15 bits per heavy atom. The highest BCUT2D eigenvalue weighted by Crippen LogP contribution is 1.86. The summed E-state index contributed by atoms with van der Waals surface area (Å²) in [5, 5.41) is 17.0. The highest BCUT2D eigenvalue weighted by molar-refractivity contribution is 5.78. The molecule has 0 aromatic rings. The lowest BCUT2D eigenvalue weighted by Crippen LogP contribution is -2.36. The van der Waals surface area contributed by atoms with Gasteiger partial charge in [0.1, 0.15) is 26.7 Å². The van der Waals surface area contributed by atoms with Crippen molar-refractivity contribution in [3.63, 3.8) is 0 Å². The smallest absolute Gasteiger partial charge is 0.252 e. The lowest BCUT2D eigenvalue weighted by molar-refractivity contribution is -0.145. The van der Waals surface area contributed by atoms with Gasteiger partial charge in [-0.2, -0.15) is 0 Å². The van der Waals surface area contributed by atoms with E-state index in [2.05, 4.69) is 4.74 Å². The van der Waals surface area contributed by atoms with E-state index in [0.29, 0.717) is 0 Å². The van der Waals surface area contributed by atoms with Crippen molar-refractivity contribution in [3.8, 4) is 0 Å². The van der Waals surface area contributed by atoms with Crippen LogP contribution in [0.5, 0.6) is 0 Å². The van der Waals surface area contributed by atoms with Crippen LogP contribution in [0.25, 0.3) is 0 Å². The maximum atomic E-state index is 10.9. The molecule has 0 bridgehead atoms. The van der Waals surface area contributed by atoms with Gasteiger partial charge in [-0.15, -0.1) is 0 Å². The van der Waals surface area contributed by atoms with E-state index in [1.54, 1.807) is 0 Å². The second-order valence-electron chi connectivity index (χ2n) is 2.18. The van der Waals surface area contributed by atoms with E-state index >= 15 is 0 Å². The lowest BCUT2D eigenvalue weighted by atomic mass is 10.5. The standard InChI is InChI=1S/C6H12N2O5/c7-5(11)1-13-2-6(12)8(3-9)4-10/h9-10H,1-4H2,(H2,7,11). The molecular formula is C6H12N2O5. The van der Waals surface area contributed by atoms with Crippen LogP contribution in [0.2, 0.25) is 0 Å². The zero-order chi connectivity index (χ0) is 10.3. The van der Waals surface area contributed by atoms with Crippen LogP contribution in [0.4, 0.5) is 0 Å². The Kier molecular flexibility index (Phi) is 5.77. The van der Waals surface area contributed by atoms with E-state index in [0.717, 1.165) is 4.90 Å². The number of amides is 2. The third kappa shape index (κ3) is 5.12. The summed E-state index contributed by atoms with van der Waals surface area (Å²) >= 11 is 0. The lowest BCUT2D eigenvalue weighted by Gasteiger charge is -2.15. The molecule has 0 heterocycles. The van der Waals surface area contributed by atoms with Crippen molar-refractivity contribution in [2.75, 3.05) is 26.7 Å². The number of carbonyl (C=O) groups is 2. The quantitative estimate of drug-likeness (QED) is 0.394. The van der Waals surface area contributed by atoms with Gasteiger partial charge in [0, 0.05) is 0 Å². The number of ether oxygens (including phenoxy) is 1. The maximum Gasteiger partial charge on any atom is 0.252 e. The van der Waals surface area contributed by atoms with E-state index in [-0.39, 0.29) is 6.61 Å². The van der Waals surface area contributed by atoms with Gasteiger partial charge >= 0.3 is 0 Å². The first kappa shape index (κ1) is 11.8. The molecule has 0 aliphatic heterocycles. The van der Waals surface area contributed by atoms with Crippen molar-refractivity contribution in [3.05, 3.63) is 0 Å². The van der Waals surface area contributed by atoms with Crippen molar-refractivity contribution in [2.24, 2.45) is 5.73 Å². The number of primary amides is 1. The third-order valence-corrected chi connectivity index (χ3v) is 1.16. The van der Waals surface area contributed by atoms with Gasteiger partial charge in [0.05, 0.1) is 0 Å². The van der Waals surface area contributed by atoms with Gasteiger partial charge in [0.2, 0.25) is 5.91 Å². The first-order valence-corrected chi connectivity index (χ1v) is 3.47. The Morgan fingerprint density at radius 2 is 1.77 bits per heavy atom. The Morgan fingerprint density at radius 1 is 1.23 bits per heavy atom. The first-order valence-electron chi connectivity index (χ1n) is 3.47. The minimum Gasteiger partial charge on any atom is -0.376 e. The molecule has 0 aliphatic rings. The van der Waals surface area contributed by atoms with Crippen molar-refractivity contribution in [1.82, 2.24) is 4.90 Å². The second-order valence-corrected chi connectivity index (χ2v) is 2.18. The normalized spacial score (nSPS) is 9.69. The number of nitrogens with two attached hydrogens (primary N) is 1. The van der Waals surface area contributed by atoms with Crippen LogP contribution in [-0.4, -0.2) is 53.6 Å². The van der Waals surface area contributed by atoms with Crippen molar-refractivity contribution in [2.45, 2.75) is 0 Å². The molecule has 0 saturated heterocycles. The van der Waals surface area contributed by atoms with Gasteiger partial charge in [-0.3, -0.25) is 14.5 Å². The second kappa shape index (κ2) is 6.35. The van der Waals surface area contributed by atoms with E-state index in [1.807, 2.05) is 0 Å². The van der Waals surface area contributed by atoms with E-state index < -0.39 is 31.9 Å². The minimum atomic E-state index is -0.688. The molecule has 13 heavy (non-hydrogen) atoms. The summed E-state index contributed by atoms with van der Waals surface area (Å²) < 4.78 is 4.55. The summed E-state index contributed by atoms with van der Waals surface area (Å²) in [6.45, 7) is -1.97. The molecule has 0 atom stereocenters. The van der Waals surface area contributed by atoms with Gasteiger partial charge < -0.3 is 20.7 Å². The molecule has 7 heteroatoms. The summed E-state index contributed by atoms with van der Waals surface area (Å²) in [5.41, 5.74) is 4.73. The van der Waals surface area contributed by atoms with Crippen molar-refractivity contribution < 1.29 is 24.5 Å². The van der Waals surface area contributed by atoms with Crippen LogP contribution >= 0.6 is 0 Å². The fraction of sp³-hybridized carbons (Fsp3) is 0.667. The maximum absolute atomic E-state index is 10.9. The van der Waals surface area contributed by atoms with E-state index in [9.17, 15) is 9.59 Å². The van der Waals surface area contributed by atoms with Crippen LogP contribution in [0, 0.1) is 0 Å². The number of aliphatic hydroxyl groups is 2. The van der Waals surface area contributed by atoms with Gasteiger partial charge in [-0.1, -0.05) is 0 Å². The first-order chi connectivity index (χ1) is 6.11. The molecule has 7 nitrogen and oxygen atoms in total. The molecule has 0 rings (SSSR count).